The fourth-order valence-electron chi connectivity index (χ4n) is 4.15. The maximum Gasteiger partial charge on any atom is 0.243 e. The fraction of sp³-hybridized carbons (Fsp3) is 0.458. The summed E-state index contributed by atoms with van der Waals surface area (Å²) in [4.78, 5) is 15.4. The highest BCUT2D eigenvalue weighted by Crippen LogP contribution is 2.28. The number of piperidine rings is 1. The predicted molar refractivity (Wildman–Crippen MR) is 130 cm³/mol. The molecule has 2 aromatic carbocycles. The van der Waals surface area contributed by atoms with Gasteiger partial charge < -0.3 is 5.32 Å². The molecule has 1 aliphatic heterocycles. The maximum absolute atomic E-state index is 12.9. The van der Waals surface area contributed by atoms with Crippen molar-refractivity contribution in [1.82, 2.24) is 10.2 Å². The molecule has 0 unspecified atom stereocenters. The summed E-state index contributed by atoms with van der Waals surface area (Å²) in [5, 5.41) is 3.31. The second-order valence-electron chi connectivity index (χ2n) is 8.54. The highest BCUT2D eigenvalue weighted by molar-refractivity contribution is 7.92. The number of likely N-dealkylation sites (tertiary alicyclic amines) is 1. The van der Waals surface area contributed by atoms with E-state index in [1.807, 2.05) is 12.1 Å². The fourth-order valence-corrected chi connectivity index (χ4v) is 5.54. The largest absolute Gasteiger partial charge is 0.350 e. The number of hydrogen-bond donors (Lipinski definition) is 1. The second kappa shape index (κ2) is 10.7. The van der Waals surface area contributed by atoms with E-state index in [1.165, 1.54) is 24.8 Å². The van der Waals surface area contributed by atoms with Crippen molar-refractivity contribution in [2.24, 2.45) is 0 Å². The lowest BCUT2D eigenvalue weighted by atomic mass is 10.1. The molecule has 0 spiro atoms. The second-order valence-corrected chi connectivity index (χ2v) is 10.8. The van der Waals surface area contributed by atoms with E-state index in [-0.39, 0.29) is 5.91 Å². The lowest BCUT2D eigenvalue weighted by Gasteiger charge is -2.29. The third kappa shape index (κ3) is 6.47. The molecule has 32 heavy (non-hydrogen) atoms. The molecule has 1 heterocycles. The van der Waals surface area contributed by atoms with E-state index in [9.17, 15) is 13.2 Å². The summed E-state index contributed by atoms with van der Waals surface area (Å²) < 4.78 is 26.2. The van der Waals surface area contributed by atoms with E-state index < -0.39 is 16.1 Å². The lowest BCUT2D eigenvalue weighted by molar-refractivity contribution is -0.122. The predicted octanol–water partition coefficient (Wildman–Crippen LogP) is 4.11. The first-order valence-corrected chi connectivity index (χ1v) is 13.2. The zero-order valence-corrected chi connectivity index (χ0v) is 20.5. The molecule has 6 nitrogen and oxygen atoms in total. The van der Waals surface area contributed by atoms with Crippen molar-refractivity contribution < 1.29 is 13.2 Å². The first-order valence-electron chi connectivity index (χ1n) is 11.0. The minimum Gasteiger partial charge on any atom is -0.350 e. The van der Waals surface area contributed by atoms with Crippen LogP contribution in [-0.2, 0) is 27.9 Å². The number of nitrogens with one attached hydrogen (secondary N) is 1. The number of aryl methyl sites for hydroxylation is 1. The summed E-state index contributed by atoms with van der Waals surface area (Å²) in [5.74, 6) is -0.365. The number of sulfonamides is 1. The summed E-state index contributed by atoms with van der Waals surface area (Å²) in [6.45, 7) is 6.88. The van der Waals surface area contributed by atoms with Gasteiger partial charge in [0.25, 0.3) is 0 Å². The number of hydrogen-bond acceptors (Lipinski definition) is 4. The molecule has 1 aliphatic rings. The Morgan fingerprint density at radius 2 is 1.81 bits per heavy atom. The van der Waals surface area contributed by atoms with Crippen LogP contribution in [0, 0.1) is 6.92 Å². The summed E-state index contributed by atoms with van der Waals surface area (Å²) in [6.07, 6.45) is 4.90. The van der Waals surface area contributed by atoms with Gasteiger partial charge >= 0.3 is 0 Å². The summed E-state index contributed by atoms with van der Waals surface area (Å²) >= 11 is 6.10. The SMILES string of the molecule is Cc1ccc(Cl)cc1N([C@@H](C)C(=O)NCc1cccc(CN2CCCCC2)c1)S(C)(=O)=O. The van der Waals surface area contributed by atoms with Crippen LogP contribution < -0.4 is 9.62 Å². The monoisotopic (exact) mass is 477 g/mol. The van der Waals surface area contributed by atoms with Gasteiger partial charge in [0.15, 0.2) is 0 Å². The Morgan fingerprint density at radius 3 is 2.50 bits per heavy atom. The van der Waals surface area contributed by atoms with Crippen LogP contribution in [0.25, 0.3) is 0 Å². The summed E-state index contributed by atoms with van der Waals surface area (Å²) in [5.41, 5.74) is 3.35. The van der Waals surface area contributed by atoms with E-state index in [0.717, 1.165) is 41.3 Å². The van der Waals surface area contributed by atoms with Gasteiger partial charge in [0, 0.05) is 18.1 Å². The molecule has 3 rings (SSSR count). The van der Waals surface area contributed by atoms with Gasteiger partial charge in [-0.15, -0.1) is 0 Å². The van der Waals surface area contributed by atoms with Crippen molar-refractivity contribution in [3.8, 4) is 0 Å². The first kappa shape index (κ1) is 24.6. The molecule has 1 amide bonds. The van der Waals surface area contributed by atoms with E-state index in [1.54, 1.807) is 32.0 Å². The van der Waals surface area contributed by atoms with Crippen LogP contribution in [0.1, 0.15) is 42.9 Å². The number of carbonyl (C=O) groups is 1. The van der Waals surface area contributed by atoms with Crippen LogP contribution in [0.4, 0.5) is 5.69 Å². The maximum atomic E-state index is 12.9. The molecule has 0 aromatic heterocycles. The number of amides is 1. The van der Waals surface area contributed by atoms with E-state index in [2.05, 4.69) is 22.3 Å². The summed E-state index contributed by atoms with van der Waals surface area (Å²) in [6, 6.07) is 12.3. The Bertz CT molecular complexity index is 1050. The quantitative estimate of drug-likeness (QED) is 0.621. The van der Waals surface area contributed by atoms with Crippen LogP contribution in [0.15, 0.2) is 42.5 Å². The Balaban J connectivity index is 1.69. The number of rotatable bonds is 8. The average molecular weight is 478 g/mol. The van der Waals surface area contributed by atoms with Gasteiger partial charge in [0.1, 0.15) is 6.04 Å². The molecular formula is C24H32ClN3O3S. The third-order valence-corrected chi connectivity index (χ3v) is 7.27. The van der Waals surface area contributed by atoms with Gasteiger partial charge in [-0.1, -0.05) is 48.4 Å². The molecule has 2 aromatic rings. The molecule has 174 valence electrons. The van der Waals surface area contributed by atoms with E-state index in [4.69, 9.17) is 11.6 Å². The number of nitrogens with zero attached hydrogens (tertiary/aromatic N) is 2. The molecule has 1 fully saturated rings. The molecule has 1 N–H and O–H groups in total. The number of halogens is 1. The Labute approximate surface area is 196 Å². The Hall–Kier alpha value is -2.09. The van der Waals surface area contributed by atoms with Crippen LogP contribution in [0.2, 0.25) is 5.02 Å². The van der Waals surface area contributed by atoms with Crippen LogP contribution in [0.5, 0.6) is 0 Å². The van der Waals surface area contributed by atoms with Crippen LogP contribution >= 0.6 is 11.6 Å². The van der Waals surface area contributed by atoms with Crippen LogP contribution in [0.3, 0.4) is 0 Å². The molecule has 8 heteroatoms. The van der Waals surface area contributed by atoms with Crippen molar-refractivity contribution in [3.05, 3.63) is 64.2 Å². The first-order chi connectivity index (χ1) is 15.1. The van der Waals surface area contributed by atoms with Crippen molar-refractivity contribution in [1.29, 1.82) is 0 Å². The van der Waals surface area contributed by atoms with Gasteiger partial charge in [-0.25, -0.2) is 8.42 Å². The average Bonchev–Trinajstić information content (AvgIpc) is 2.74. The van der Waals surface area contributed by atoms with E-state index >= 15 is 0 Å². The minimum absolute atomic E-state index is 0.336. The number of carbonyl (C=O) groups excluding carboxylic acids is 1. The molecule has 1 saturated heterocycles. The van der Waals surface area contributed by atoms with Gasteiger partial charge in [-0.3, -0.25) is 14.0 Å². The van der Waals surface area contributed by atoms with Gasteiger partial charge in [0.05, 0.1) is 11.9 Å². The molecule has 0 radical (unpaired) electrons. The van der Waals surface area contributed by atoms with Crippen molar-refractivity contribution in [2.45, 2.75) is 52.2 Å². The van der Waals surface area contributed by atoms with Gasteiger partial charge in [-0.05, 0) is 68.6 Å². The van der Waals surface area contributed by atoms with Crippen molar-refractivity contribution in [3.63, 3.8) is 0 Å². The smallest absolute Gasteiger partial charge is 0.243 e. The van der Waals surface area contributed by atoms with Gasteiger partial charge in [-0.2, -0.15) is 0 Å². The van der Waals surface area contributed by atoms with E-state index in [0.29, 0.717) is 17.3 Å². The highest BCUT2D eigenvalue weighted by Gasteiger charge is 2.30. The molecular weight excluding hydrogens is 446 g/mol. The Kier molecular flexibility index (Phi) is 8.20. The minimum atomic E-state index is -3.70. The molecule has 0 bridgehead atoms. The standard InChI is InChI=1S/C24H32ClN3O3S/c1-18-10-11-22(25)15-23(18)28(32(3,30)31)19(2)24(29)26-16-20-8-7-9-21(14-20)17-27-12-5-4-6-13-27/h7-11,14-15,19H,4-6,12-13,16-17H2,1-3H3,(H,26,29)/t19-/m0/s1. The summed E-state index contributed by atoms with van der Waals surface area (Å²) in [7, 11) is -3.70. The third-order valence-electron chi connectivity index (χ3n) is 5.81. The molecule has 1 atom stereocenters. The highest BCUT2D eigenvalue weighted by atomic mass is 35.5. The zero-order chi connectivity index (χ0) is 23.3. The number of anilines is 1. The molecule has 0 aliphatic carbocycles. The van der Waals surface area contributed by atoms with Crippen molar-refractivity contribution >= 4 is 33.2 Å². The molecule has 0 saturated carbocycles. The van der Waals surface area contributed by atoms with Crippen LogP contribution in [-0.4, -0.2) is 44.6 Å². The topological polar surface area (TPSA) is 69.7 Å². The van der Waals surface area contributed by atoms with Gasteiger partial charge in [0.2, 0.25) is 15.9 Å². The Morgan fingerprint density at radius 1 is 1.12 bits per heavy atom. The number of benzene rings is 2. The normalized spacial score (nSPS) is 15.9. The zero-order valence-electron chi connectivity index (χ0n) is 19.0. The lowest BCUT2D eigenvalue weighted by Crippen LogP contribution is -2.48. The van der Waals surface area contributed by atoms with Crippen molar-refractivity contribution in [2.75, 3.05) is 23.7 Å².